The molecule has 0 fully saturated rings. The largest absolute Gasteiger partial charge is 0.481 e. The molecule has 114 valence electrons. The van der Waals surface area contributed by atoms with Gasteiger partial charge in [-0.05, 0) is 30.5 Å². The number of aryl methyl sites for hydroxylation is 1. The highest BCUT2D eigenvalue weighted by molar-refractivity contribution is 5.89. The topological polar surface area (TPSA) is 92.7 Å². The van der Waals surface area contributed by atoms with E-state index in [4.69, 9.17) is 5.11 Å². The molecule has 0 spiro atoms. The van der Waals surface area contributed by atoms with Crippen LogP contribution in [0.25, 0.3) is 0 Å². The van der Waals surface area contributed by atoms with Crippen molar-refractivity contribution in [2.24, 2.45) is 0 Å². The Balaban J connectivity index is 2.29. The molecule has 6 nitrogen and oxygen atoms in total. The quantitative estimate of drug-likeness (QED) is 0.558. The van der Waals surface area contributed by atoms with Gasteiger partial charge in [0, 0.05) is 19.4 Å². The molecule has 0 atom stereocenters. The van der Waals surface area contributed by atoms with E-state index >= 15 is 0 Å². The summed E-state index contributed by atoms with van der Waals surface area (Å²) in [5.41, 5.74) is 1.42. The Morgan fingerprint density at radius 1 is 1.14 bits per heavy atom. The fourth-order valence-corrected chi connectivity index (χ4v) is 1.74. The van der Waals surface area contributed by atoms with E-state index in [0.29, 0.717) is 31.4 Å². The number of methoxy groups -OCH3 is 1. The van der Waals surface area contributed by atoms with Gasteiger partial charge >= 0.3 is 11.9 Å². The standard InChI is InChI=1S/C15H19NO5/c1-21-15(20)12-7-4-11(5-8-12)6-9-13(17)16-10-2-3-14(18)19/h4-5,7-8H,2-3,6,9-10H2,1H3,(H,16,17)(H,18,19). The second-order valence-corrected chi connectivity index (χ2v) is 4.54. The summed E-state index contributed by atoms with van der Waals surface area (Å²) in [6, 6.07) is 6.88. The number of hydrogen-bond acceptors (Lipinski definition) is 4. The number of hydrogen-bond donors (Lipinski definition) is 2. The lowest BCUT2D eigenvalue weighted by Crippen LogP contribution is -2.25. The lowest BCUT2D eigenvalue weighted by Gasteiger charge is -2.05. The molecule has 0 aliphatic heterocycles. The monoisotopic (exact) mass is 293 g/mol. The third-order valence-electron chi connectivity index (χ3n) is 2.91. The van der Waals surface area contributed by atoms with Gasteiger partial charge in [-0.25, -0.2) is 4.79 Å². The highest BCUT2D eigenvalue weighted by Gasteiger charge is 2.06. The Kier molecular flexibility index (Phi) is 6.94. The van der Waals surface area contributed by atoms with Crippen LogP contribution in [0.3, 0.4) is 0 Å². The Morgan fingerprint density at radius 3 is 2.38 bits per heavy atom. The van der Waals surface area contributed by atoms with E-state index in [1.54, 1.807) is 24.3 Å². The van der Waals surface area contributed by atoms with E-state index in [1.807, 2.05) is 0 Å². The van der Waals surface area contributed by atoms with Crippen molar-refractivity contribution in [2.45, 2.75) is 25.7 Å². The number of amides is 1. The number of benzene rings is 1. The fourth-order valence-electron chi connectivity index (χ4n) is 1.74. The first-order chi connectivity index (χ1) is 10.0. The van der Waals surface area contributed by atoms with Gasteiger partial charge in [-0.3, -0.25) is 9.59 Å². The van der Waals surface area contributed by atoms with Gasteiger partial charge in [-0.2, -0.15) is 0 Å². The Morgan fingerprint density at radius 2 is 1.81 bits per heavy atom. The van der Waals surface area contributed by atoms with E-state index in [1.165, 1.54) is 7.11 Å². The van der Waals surface area contributed by atoms with Crippen molar-refractivity contribution in [3.8, 4) is 0 Å². The fraction of sp³-hybridized carbons (Fsp3) is 0.400. The van der Waals surface area contributed by atoms with Gasteiger partial charge in [0.15, 0.2) is 0 Å². The van der Waals surface area contributed by atoms with Crippen molar-refractivity contribution < 1.29 is 24.2 Å². The summed E-state index contributed by atoms with van der Waals surface area (Å²) >= 11 is 0. The second-order valence-electron chi connectivity index (χ2n) is 4.54. The lowest BCUT2D eigenvalue weighted by atomic mass is 10.1. The highest BCUT2D eigenvalue weighted by Crippen LogP contribution is 2.07. The molecule has 0 aromatic heterocycles. The number of carbonyl (C=O) groups excluding carboxylic acids is 2. The van der Waals surface area contributed by atoms with Crippen molar-refractivity contribution >= 4 is 17.8 Å². The molecule has 0 bridgehead atoms. The summed E-state index contributed by atoms with van der Waals surface area (Å²) in [6.45, 7) is 0.367. The van der Waals surface area contributed by atoms with Crippen LogP contribution in [-0.2, 0) is 20.7 Å². The number of rotatable bonds is 8. The first-order valence-electron chi connectivity index (χ1n) is 6.68. The summed E-state index contributed by atoms with van der Waals surface area (Å²) in [4.78, 5) is 33.1. The minimum absolute atomic E-state index is 0.0509. The maximum atomic E-state index is 11.5. The van der Waals surface area contributed by atoms with Crippen LogP contribution in [-0.4, -0.2) is 36.6 Å². The first-order valence-corrected chi connectivity index (χ1v) is 6.68. The molecule has 21 heavy (non-hydrogen) atoms. The van der Waals surface area contributed by atoms with Crippen molar-refractivity contribution in [1.82, 2.24) is 5.32 Å². The number of carboxylic acids is 1. The molecule has 6 heteroatoms. The van der Waals surface area contributed by atoms with Crippen LogP contribution in [0.2, 0.25) is 0 Å². The van der Waals surface area contributed by atoms with E-state index in [9.17, 15) is 14.4 Å². The molecule has 1 aromatic carbocycles. The maximum Gasteiger partial charge on any atom is 0.337 e. The number of nitrogens with one attached hydrogen (secondary N) is 1. The van der Waals surface area contributed by atoms with Gasteiger partial charge in [0.05, 0.1) is 12.7 Å². The molecular weight excluding hydrogens is 274 g/mol. The molecule has 1 amide bonds. The van der Waals surface area contributed by atoms with Gasteiger partial charge < -0.3 is 15.2 Å². The summed E-state index contributed by atoms with van der Waals surface area (Å²) in [5.74, 6) is -1.37. The summed E-state index contributed by atoms with van der Waals surface area (Å²) < 4.78 is 4.60. The van der Waals surface area contributed by atoms with Gasteiger partial charge in [0.1, 0.15) is 0 Å². The van der Waals surface area contributed by atoms with Crippen molar-refractivity contribution in [1.29, 1.82) is 0 Å². The molecule has 0 saturated heterocycles. The van der Waals surface area contributed by atoms with E-state index in [2.05, 4.69) is 10.1 Å². The zero-order chi connectivity index (χ0) is 15.7. The van der Waals surface area contributed by atoms with Gasteiger partial charge in [-0.15, -0.1) is 0 Å². The third kappa shape index (κ3) is 6.56. The van der Waals surface area contributed by atoms with Gasteiger partial charge in [-0.1, -0.05) is 12.1 Å². The average Bonchev–Trinajstić information content (AvgIpc) is 2.49. The Labute approximate surface area is 123 Å². The average molecular weight is 293 g/mol. The van der Waals surface area contributed by atoms with Crippen LogP contribution < -0.4 is 5.32 Å². The summed E-state index contributed by atoms with van der Waals surface area (Å²) in [7, 11) is 1.32. The molecule has 0 heterocycles. The van der Waals surface area contributed by atoms with Crippen LogP contribution in [0, 0.1) is 0 Å². The molecule has 0 radical (unpaired) electrons. The van der Waals surface area contributed by atoms with E-state index < -0.39 is 11.9 Å². The van der Waals surface area contributed by atoms with Crippen LogP contribution in [0.5, 0.6) is 0 Å². The Hall–Kier alpha value is -2.37. The van der Waals surface area contributed by atoms with Gasteiger partial charge in [0.2, 0.25) is 5.91 Å². The smallest absolute Gasteiger partial charge is 0.337 e. The van der Waals surface area contributed by atoms with Crippen molar-refractivity contribution in [3.63, 3.8) is 0 Å². The Bertz CT molecular complexity index is 495. The number of esters is 1. The molecular formula is C15H19NO5. The van der Waals surface area contributed by atoms with Crippen LogP contribution in [0.15, 0.2) is 24.3 Å². The third-order valence-corrected chi connectivity index (χ3v) is 2.91. The minimum Gasteiger partial charge on any atom is -0.481 e. The number of ether oxygens (including phenoxy) is 1. The molecule has 0 unspecified atom stereocenters. The number of carboxylic acid groups (broad SMARTS) is 1. The van der Waals surface area contributed by atoms with Crippen LogP contribution in [0.4, 0.5) is 0 Å². The molecule has 0 aliphatic carbocycles. The number of aliphatic carboxylic acids is 1. The molecule has 1 rings (SSSR count). The summed E-state index contributed by atoms with van der Waals surface area (Å²) in [6.07, 6.45) is 1.36. The summed E-state index contributed by atoms with van der Waals surface area (Å²) in [5, 5.41) is 11.1. The van der Waals surface area contributed by atoms with E-state index in [-0.39, 0.29) is 12.3 Å². The molecule has 0 aliphatic rings. The zero-order valence-corrected chi connectivity index (χ0v) is 11.9. The van der Waals surface area contributed by atoms with E-state index in [0.717, 1.165) is 5.56 Å². The SMILES string of the molecule is COC(=O)c1ccc(CCC(=O)NCCCC(=O)O)cc1. The van der Waals surface area contributed by atoms with Crippen LogP contribution in [0.1, 0.15) is 35.2 Å². The van der Waals surface area contributed by atoms with Gasteiger partial charge in [0.25, 0.3) is 0 Å². The predicted octanol–water partition coefficient (Wildman–Crippen LogP) is 1.39. The highest BCUT2D eigenvalue weighted by atomic mass is 16.5. The lowest BCUT2D eigenvalue weighted by molar-refractivity contribution is -0.137. The first kappa shape index (κ1) is 16.7. The zero-order valence-electron chi connectivity index (χ0n) is 11.9. The molecule has 0 saturated carbocycles. The second kappa shape index (κ2) is 8.73. The predicted molar refractivity (Wildman–Crippen MR) is 76.0 cm³/mol. The molecule has 1 aromatic rings. The van der Waals surface area contributed by atoms with Crippen molar-refractivity contribution in [3.05, 3.63) is 35.4 Å². The molecule has 2 N–H and O–H groups in total. The number of carbonyl (C=O) groups is 3. The van der Waals surface area contributed by atoms with Crippen molar-refractivity contribution in [2.75, 3.05) is 13.7 Å². The van der Waals surface area contributed by atoms with Crippen LogP contribution >= 0.6 is 0 Å². The minimum atomic E-state index is -0.866. The maximum absolute atomic E-state index is 11.5. The normalized spacial score (nSPS) is 9.95.